The summed E-state index contributed by atoms with van der Waals surface area (Å²) in [4.78, 5) is 4.13. The Hall–Kier alpha value is -1.75. The highest BCUT2D eigenvalue weighted by Gasteiger charge is 2.29. The highest BCUT2D eigenvalue weighted by Crippen LogP contribution is 2.29. The third kappa shape index (κ3) is 3.42. The minimum absolute atomic E-state index is 0.253. The first-order valence-electron chi connectivity index (χ1n) is 5.78. The molecule has 0 aliphatic heterocycles. The van der Waals surface area contributed by atoms with Crippen molar-refractivity contribution in [3.63, 3.8) is 0 Å². The van der Waals surface area contributed by atoms with E-state index in [9.17, 15) is 13.2 Å². The smallest absolute Gasteiger partial charge is 0.416 e. The molecule has 0 fully saturated rings. The Morgan fingerprint density at radius 3 is 2.35 bits per heavy atom. The molecule has 106 valence electrons. The van der Waals surface area contributed by atoms with Gasteiger partial charge < -0.3 is 4.42 Å². The number of halogens is 4. The molecule has 0 amide bonds. The lowest BCUT2D eigenvalue weighted by Gasteiger charge is -2.05. The molecule has 0 saturated carbocycles. The quantitative estimate of drug-likeness (QED) is 0.753. The zero-order valence-electron chi connectivity index (χ0n) is 10.5. The van der Waals surface area contributed by atoms with Crippen LogP contribution in [0.1, 0.15) is 28.5 Å². The molecule has 0 spiro atoms. The zero-order chi connectivity index (χ0) is 14.8. The molecule has 1 heterocycles. The molecule has 2 nitrogen and oxygen atoms in total. The Kier molecular flexibility index (Phi) is 4.18. The number of hydrogen-bond donors (Lipinski definition) is 0. The van der Waals surface area contributed by atoms with E-state index in [2.05, 4.69) is 4.98 Å². The highest BCUT2D eigenvalue weighted by atomic mass is 35.5. The maximum absolute atomic E-state index is 12.4. The summed E-state index contributed by atoms with van der Waals surface area (Å²) in [5.74, 6) is 1.26. The van der Waals surface area contributed by atoms with Crippen LogP contribution in [0.15, 0.2) is 28.7 Å². The number of rotatable bonds is 3. The molecular formula is C14H11ClF3NO. The molecule has 0 aliphatic rings. The second-order valence-electron chi connectivity index (χ2n) is 4.14. The van der Waals surface area contributed by atoms with E-state index in [1.54, 1.807) is 19.1 Å². The van der Waals surface area contributed by atoms with Crippen LogP contribution in [0.25, 0.3) is 12.2 Å². The second kappa shape index (κ2) is 5.71. The number of alkyl halides is 4. The van der Waals surface area contributed by atoms with Crippen LogP contribution >= 0.6 is 11.6 Å². The van der Waals surface area contributed by atoms with Gasteiger partial charge in [-0.05, 0) is 30.7 Å². The third-order valence-corrected chi connectivity index (χ3v) is 2.95. The topological polar surface area (TPSA) is 26.0 Å². The monoisotopic (exact) mass is 301 g/mol. The lowest BCUT2D eigenvalue weighted by Crippen LogP contribution is -2.03. The Bertz CT molecular complexity index is 614. The number of nitrogens with zero attached hydrogens (tertiary/aromatic N) is 1. The molecule has 20 heavy (non-hydrogen) atoms. The Balaban J connectivity index is 2.15. The van der Waals surface area contributed by atoms with E-state index in [0.717, 1.165) is 12.1 Å². The number of aromatic nitrogens is 1. The first-order chi connectivity index (χ1) is 9.40. The predicted octanol–water partition coefficient (Wildman–Crippen LogP) is 4.91. The van der Waals surface area contributed by atoms with E-state index in [0.29, 0.717) is 22.9 Å². The van der Waals surface area contributed by atoms with Gasteiger partial charge in [0.25, 0.3) is 0 Å². The molecule has 1 aromatic carbocycles. The van der Waals surface area contributed by atoms with Crippen LogP contribution in [0.2, 0.25) is 0 Å². The van der Waals surface area contributed by atoms with Crippen LogP contribution in [-0.2, 0) is 12.1 Å². The van der Waals surface area contributed by atoms with Gasteiger partial charge in [0.1, 0.15) is 5.76 Å². The van der Waals surface area contributed by atoms with Crippen molar-refractivity contribution in [2.75, 3.05) is 0 Å². The van der Waals surface area contributed by atoms with E-state index in [-0.39, 0.29) is 5.88 Å². The van der Waals surface area contributed by atoms with Gasteiger partial charge in [0.05, 0.1) is 17.1 Å². The van der Waals surface area contributed by atoms with Crippen LogP contribution in [0, 0.1) is 6.92 Å². The molecular weight excluding hydrogens is 291 g/mol. The third-order valence-electron chi connectivity index (χ3n) is 2.69. The van der Waals surface area contributed by atoms with Gasteiger partial charge >= 0.3 is 6.18 Å². The first-order valence-corrected chi connectivity index (χ1v) is 6.31. The molecule has 0 radical (unpaired) electrons. The van der Waals surface area contributed by atoms with E-state index in [1.165, 1.54) is 12.1 Å². The van der Waals surface area contributed by atoms with Crippen LogP contribution in [0.4, 0.5) is 13.2 Å². The van der Waals surface area contributed by atoms with Gasteiger partial charge in [-0.2, -0.15) is 13.2 Å². The summed E-state index contributed by atoms with van der Waals surface area (Å²) in [7, 11) is 0. The fourth-order valence-corrected chi connectivity index (χ4v) is 1.84. The first kappa shape index (κ1) is 14.7. The van der Waals surface area contributed by atoms with Crippen molar-refractivity contribution in [3.8, 4) is 0 Å². The highest BCUT2D eigenvalue weighted by molar-refractivity contribution is 6.16. The molecule has 0 unspecified atom stereocenters. The SMILES string of the molecule is Cc1oc(/C=C/c2ccc(C(F)(F)F)cc2)nc1CCl. The van der Waals surface area contributed by atoms with Crippen molar-refractivity contribution in [1.82, 2.24) is 4.98 Å². The molecule has 2 aromatic rings. The largest absolute Gasteiger partial charge is 0.442 e. The van der Waals surface area contributed by atoms with Gasteiger partial charge in [0.2, 0.25) is 5.89 Å². The minimum atomic E-state index is -4.32. The van der Waals surface area contributed by atoms with Crippen LogP contribution in [0.5, 0.6) is 0 Å². The van der Waals surface area contributed by atoms with Crippen molar-refractivity contribution in [3.05, 3.63) is 52.7 Å². The van der Waals surface area contributed by atoms with Gasteiger partial charge in [-0.15, -0.1) is 11.6 Å². The minimum Gasteiger partial charge on any atom is -0.442 e. The maximum atomic E-state index is 12.4. The van der Waals surface area contributed by atoms with Gasteiger partial charge in [-0.3, -0.25) is 0 Å². The maximum Gasteiger partial charge on any atom is 0.416 e. The standard InChI is InChI=1S/C14H11ClF3NO/c1-9-12(8-15)19-13(20-9)7-4-10-2-5-11(6-3-10)14(16,17)18/h2-7H,8H2,1H3/b7-4+. The summed E-state index contributed by atoms with van der Waals surface area (Å²) in [6, 6.07) is 4.84. The summed E-state index contributed by atoms with van der Waals surface area (Å²) < 4.78 is 42.5. The Morgan fingerprint density at radius 2 is 1.85 bits per heavy atom. The van der Waals surface area contributed by atoms with Gasteiger partial charge in [-0.1, -0.05) is 12.1 Å². The van der Waals surface area contributed by atoms with Gasteiger partial charge in [-0.25, -0.2) is 4.98 Å². The van der Waals surface area contributed by atoms with Crippen molar-refractivity contribution >= 4 is 23.8 Å². The van der Waals surface area contributed by atoms with E-state index in [4.69, 9.17) is 16.0 Å². The van der Waals surface area contributed by atoms with Crippen molar-refractivity contribution in [2.45, 2.75) is 19.0 Å². The number of aryl methyl sites for hydroxylation is 1. The number of benzene rings is 1. The summed E-state index contributed by atoms with van der Waals surface area (Å²) in [5.41, 5.74) is 0.603. The van der Waals surface area contributed by atoms with Gasteiger partial charge in [0, 0.05) is 6.08 Å². The molecule has 0 aliphatic carbocycles. The van der Waals surface area contributed by atoms with Gasteiger partial charge in [0.15, 0.2) is 0 Å². The average Bonchev–Trinajstić information content (AvgIpc) is 2.76. The lowest BCUT2D eigenvalue weighted by atomic mass is 10.1. The molecule has 0 bridgehead atoms. The second-order valence-corrected chi connectivity index (χ2v) is 4.41. The average molecular weight is 302 g/mol. The van der Waals surface area contributed by atoms with E-state index >= 15 is 0 Å². The van der Waals surface area contributed by atoms with Crippen molar-refractivity contribution < 1.29 is 17.6 Å². The normalized spacial score (nSPS) is 12.2. The van der Waals surface area contributed by atoms with Crippen LogP contribution < -0.4 is 0 Å². The van der Waals surface area contributed by atoms with Crippen LogP contribution in [-0.4, -0.2) is 4.98 Å². The molecule has 2 rings (SSSR count). The molecule has 0 atom stereocenters. The zero-order valence-corrected chi connectivity index (χ0v) is 11.3. The number of hydrogen-bond acceptors (Lipinski definition) is 2. The summed E-state index contributed by atoms with van der Waals surface area (Å²) in [6.45, 7) is 1.75. The Labute approximate surface area is 118 Å². The lowest BCUT2D eigenvalue weighted by molar-refractivity contribution is -0.137. The molecule has 1 aromatic heterocycles. The fraction of sp³-hybridized carbons (Fsp3) is 0.214. The molecule has 6 heteroatoms. The van der Waals surface area contributed by atoms with E-state index < -0.39 is 11.7 Å². The molecule has 0 N–H and O–H groups in total. The number of oxazole rings is 1. The fourth-order valence-electron chi connectivity index (χ4n) is 1.60. The predicted molar refractivity (Wildman–Crippen MR) is 71.2 cm³/mol. The molecule has 0 saturated heterocycles. The van der Waals surface area contributed by atoms with Crippen LogP contribution in [0.3, 0.4) is 0 Å². The summed E-state index contributed by atoms with van der Waals surface area (Å²) >= 11 is 5.67. The summed E-state index contributed by atoms with van der Waals surface area (Å²) in [6.07, 6.45) is -1.10. The van der Waals surface area contributed by atoms with Crippen molar-refractivity contribution in [2.24, 2.45) is 0 Å². The Morgan fingerprint density at radius 1 is 1.20 bits per heavy atom. The summed E-state index contributed by atoms with van der Waals surface area (Å²) in [5, 5.41) is 0. The van der Waals surface area contributed by atoms with E-state index in [1.807, 2.05) is 0 Å². The van der Waals surface area contributed by atoms with Crippen molar-refractivity contribution in [1.29, 1.82) is 0 Å².